The molecule has 0 amide bonds. The summed E-state index contributed by atoms with van der Waals surface area (Å²) in [6.45, 7) is 1.18. The van der Waals surface area contributed by atoms with E-state index in [9.17, 15) is 33.5 Å². The van der Waals surface area contributed by atoms with Gasteiger partial charge < -0.3 is 13.5 Å². The first-order chi connectivity index (χ1) is 12.0. The van der Waals surface area contributed by atoms with Crippen LogP contribution in [0.15, 0.2) is 34.7 Å². The predicted molar refractivity (Wildman–Crippen MR) is 89.1 cm³/mol. The van der Waals surface area contributed by atoms with Gasteiger partial charge in [0.1, 0.15) is 0 Å². The van der Waals surface area contributed by atoms with Crippen molar-refractivity contribution in [2.75, 3.05) is 0 Å². The molecule has 0 aliphatic carbocycles. The molecule has 0 spiro atoms. The Labute approximate surface area is 145 Å². The molecule has 0 fully saturated rings. The first-order valence-corrected chi connectivity index (χ1v) is 10.0. The maximum absolute atomic E-state index is 11.6. The van der Waals surface area contributed by atoms with E-state index in [1.165, 1.54) is 31.2 Å². The van der Waals surface area contributed by atoms with Gasteiger partial charge in [-0.25, -0.2) is 9.13 Å². The van der Waals surface area contributed by atoms with Gasteiger partial charge in [0.05, 0.1) is 5.39 Å². The summed E-state index contributed by atoms with van der Waals surface area (Å²) >= 11 is 0. The molecule has 0 saturated carbocycles. The number of hydrogen-bond donors (Lipinski definition) is 4. The van der Waals surface area contributed by atoms with Crippen molar-refractivity contribution in [3.8, 4) is 11.5 Å². The number of ketones is 1. The van der Waals surface area contributed by atoms with E-state index in [-0.39, 0.29) is 39.0 Å². The van der Waals surface area contributed by atoms with Crippen LogP contribution >= 0.6 is 15.6 Å². The van der Waals surface area contributed by atoms with Gasteiger partial charge in [0.25, 0.3) is 0 Å². The number of Topliss-reactive ketones (excluding diaryl/α,β-unsaturated/α-hetero) is 1. The fourth-order valence-corrected chi connectivity index (χ4v) is 3.33. The van der Waals surface area contributed by atoms with Crippen molar-refractivity contribution in [2.24, 2.45) is 0 Å². The quantitative estimate of drug-likeness (QED) is 0.368. The van der Waals surface area contributed by atoms with Gasteiger partial charge in [-0.05, 0) is 6.07 Å². The molecule has 138 valence electrons. The molecule has 26 heavy (non-hydrogen) atoms. The van der Waals surface area contributed by atoms with Crippen molar-refractivity contribution in [1.29, 1.82) is 0 Å². The van der Waals surface area contributed by atoms with Crippen LogP contribution in [-0.2, 0) is 9.13 Å². The minimum Gasteiger partial charge on any atom is -0.449 e. The molecule has 0 bridgehead atoms. The van der Waals surface area contributed by atoms with Crippen LogP contribution in [0.4, 0.5) is 0 Å². The Morgan fingerprint density at radius 3 is 1.92 bits per heavy atom. The number of rotatable bonds is 5. The van der Waals surface area contributed by atoms with Crippen molar-refractivity contribution in [2.45, 2.75) is 6.92 Å². The third-order valence-electron chi connectivity index (χ3n) is 3.37. The van der Waals surface area contributed by atoms with Crippen molar-refractivity contribution in [1.82, 2.24) is 0 Å². The number of carbonyl (C=O) groups excluding carboxylic acids is 1. The molecule has 1 heterocycles. The van der Waals surface area contributed by atoms with Crippen molar-refractivity contribution in [3.05, 3.63) is 36.1 Å². The lowest BCUT2D eigenvalue weighted by molar-refractivity contribution is 0.0989. The summed E-state index contributed by atoms with van der Waals surface area (Å²) in [6.07, 6.45) is 0. The number of furan rings is 1. The fraction of sp³-hybridized carbons (Fsp3) is 0.0714. The topological polar surface area (TPSA) is 164 Å². The van der Waals surface area contributed by atoms with Gasteiger partial charge >= 0.3 is 15.6 Å². The van der Waals surface area contributed by atoms with E-state index < -0.39 is 21.4 Å². The third-order valence-corrected chi connectivity index (χ3v) is 4.21. The van der Waals surface area contributed by atoms with Crippen LogP contribution in [-0.4, -0.2) is 25.4 Å². The first-order valence-electron chi connectivity index (χ1n) is 6.96. The van der Waals surface area contributed by atoms with E-state index in [1.807, 2.05) is 0 Å². The minimum absolute atomic E-state index is 0.0660. The largest absolute Gasteiger partial charge is 0.524 e. The number of carbonyl (C=O) groups is 1. The summed E-state index contributed by atoms with van der Waals surface area (Å²) in [5, 5.41) is 0.0829. The van der Waals surface area contributed by atoms with Gasteiger partial charge in [-0.1, -0.05) is 24.3 Å². The third kappa shape index (κ3) is 3.66. The van der Waals surface area contributed by atoms with Gasteiger partial charge in [-0.2, -0.15) is 0 Å². The zero-order valence-corrected chi connectivity index (χ0v) is 14.8. The highest BCUT2D eigenvalue weighted by atomic mass is 31.2. The Hall–Kier alpha value is -2.19. The minimum atomic E-state index is -5.01. The van der Waals surface area contributed by atoms with Crippen molar-refractivity contribution in [3.63, 3.8) is 0 Å². The molecular weight excluding hydrogens is 390 g/mol. The molecule has 10 nitrogen and oxygen atoms in total. The van der Waals surface area contributed by atoms with Crippen LogP contribution in [0.25, 0.3) is 21.7 Å². The molecule has 4 N–H and O–H groups in total. The molecule has 0 radical (unpaired) electrons. The predicted octanol–water partition coefficient (Wildman–Crippen LogP) is 2.73. The summed E-state index contributed by atoms with van der Waals surface area (Å²) in [5.74, 6) is -1.41. The highest BCUT2D eigenvalue weighted by Crippen LogP contribution is 2.52. The van der Waals surface area contributed by atoms with Gasteiger partial charge in [-0.15, -0.1) is 0 Å². The van der Waals surface area contributed by atoms with E-state index in [4.69, 9.17) is 13.5 Å². The Balaban J connectivity index is 2.48. The van der Waals surface area contributed by atoms with Crippen LogP contribution in [0.5, 0.6) is 11.5 Å². The maximum atomic E-state index is 11.6. The summed E-state index contributed by atoms with van der Waals surface area (Å²) in [6, 6.07) is 6.99. The zero-order chi connectivity index (χ0) is 19.3. The van der Waals surface area contributed by atoms with E-state index in [0.29, 0.717) is 0 Å². The molecule has 0 atom stereocenters. The average Bonchev–Trinajstić information content (AvgIpc) is 2.94. The Kier molecular flexibility index (Phi) is 4.44. The van der Waals surface area contributed by atoms with Crippen molar-refractivity contribution < 1.29 is 47.0 Å². The average molecular weight is 402 g/mol. The van der Waals surface area contributed by atoms with Gasteiger partial charge in [0, 0.05) is 17.7 Å². The van der Waals surface area contributed by atoms with Gasteiger partial charge in [-0.3, -0.25) is 24.4 Å². The second kappa shape index (κ2) is 6.21. The fourth-order valence-electron chi connectivity index (χ4n) is 2.48. The zero-order valence-electron chi connectivity index (χ0n) is 13.0. The number of benzene rings is 2. The van der Waals surface area contributed by atoms with Crippen LogP contribution in [0.3, 0.4) is 0 Å². The number of phosphoric acid groups is 2. The molecule has 3 rings (SSSR count). The maximum Gasteiger partial charge on any atom is 0.524 e. The van der Waals surface area contributed by atoms with E-state index in [1.54, 1.807) is 0 Å². The van der Waals surface area contributed by atoms with Gasteiger partial charge in [0.2, 0.25) is 0 Å². The lowest BCUT2D eigenvalue weighted by Gasteiger charge is -2.15. The molecule has 3 aromatic rings. The molecule has 0 saturated heterocycles. The lowest BCUT2D eigenvalue weighted by Crippen LogP contribution is -1.96. The van der Waals surface area contributed by atoms with Crippen molar-refractivity contribution >= 4 is 43.2 Å². The van der Waals surface area contributed by atoms with E-state index in [2.05, 4.69) is 0 Å². The highest BCUT2D eigenvalue weighted by molar-refractivity contribution is 7.47. The van der Waals surface area contributed by atoms with Crippen LogP contribution in [0, 0.1) is 0 Å². The molecule has 2 aromatic carbocycles. The molecule has 0 aliphatic heterocycles. The van der Waals surface area contributed by atoms with E-state index in [0.717, 1.165) is 6.07 Å². The van der Waals surface area contributed by atoms with Crippen LogP contribution < -0.4 is 9.05 Å². The lowest BCUT2D eigenvalue weighted by atomic mass is 10.1. The van der Waals surface area contributed by atoms with E-state index >= 15 is 0 Å². The monoisotopic (exact) mass is 402 g/mol. The molecular formula is C14H12O10P2. The molecule has 1 aromatic heterocycles. The highest BCUT2D eigenvalue weighted by Gasteiger charge is 2.29. The smallest absolute Gasteiger partial charge is 0.449 e. The number of fused-ring (bicyclic) bond motifs is 2. The summed E-state index contributed by atoms with van der Waals surface area (Å²) in [4.78, 5) is 48.4. The molecule has 0 unspecified atom stereocenters. The Bertz CT molecular complexity index is 1040. The summed E-state index contributed by atoms with van der Waals surface area (Å²) in [7, 11) is -9.99. The molecule has 12 heteroatoms. The first kappa shape index (κ1) is 18.6. The summed E-state index contributed by atoms with van der Waals surface area (Å²) < 4.78 is 37.5. The Morgan fingerprint density at radius 2 is 1.42 bits per heavy atom. The standard InChI is InChI=1S/C14H12O10P2/c1-7(15)11-6-10-12(23-25(16,17)18)8-4-2-3-5-9(8)14(13(10)22-11)24-26(19,20)21/h2-6H,1H3,(H2,16,17,18)(H2,19,20,21). The number of phosphoric ester groups is 2. The number of hydrogen-bond acceptors (Lipinski definition) is 6. The van der Waals surface area contributed by atoms with Crippen LogP contribution in [0.2, 0.25) is 0 Å². The second-order valence-electron chi connectivity index (χ2n) is 5.28. The Morgan fingerprint density at radius 1 is 0.923 bits per heavy atom. The van der Waals surface area contributed by atoms with Gasteiger partial charge in [0.15, 0.2) is 28.6 Å². The molecule has 0 aliphatic rings. The normalized spacial score (nSPS) is 12.5. The summed E-state index contributed by atoms with van der Waals surface area (Å²) in [5.41, 5.74) is -0.291. The van der Waals surface area contributed by atoms with Crippen LogP contribution in [0.1, 0.15) is 17.5 Å². The SMILES string of the molecule is CC(=O)c1cc2c(OP(=O)(O)O)c3ccccc3c(OP(=O)(O)O)c2o1. The second-order valence-corrected chi connectivity index (χ2v) is 7.60.